The van der Waals surface area contributed by atoms with Gasteiger partial charge in [0.15, 0.2) is 5.78 Å². The number of carbonyl (C=O) groups excluding carboxylic acids is 1. The molecule has 1 aromatic carbocycles. The van der Waals surface area contributed by atoms with E-state index < -0.39 is 0 Å². The van der Waals surface area contributed by atoms with Crippen molar-refractivity contribution in [3.8, 4) is 0 Å². The molecule has 0 unspecified atom stereocenters. The molecule has 0 amide bonds. The lowest BCUT2D eigenvalue weighted by molar-refractivity contribution is -0.110. The fourth-order valence-corrected chi connectivity index (χ4v) is 1.13. The Kier molecular flexibility index (Phi) is 4.30. The average Bonchev–Trinajstić information content (AvgIpc) is 2.27. The highest BCUT2D eigenvalue weighted by Crippen LogP contribution is 2.03. The molecular weight excluding hydrogens is 184 g/mol. The topological polar surface area (TPSA) is 17.1 Å². The molecule has 0 saturated heterocycles. The van der Waals surface area contributed by atoms with E-state index in [9.17, 15) is 4.79 Å². The molecule has 0 fully saturated rings. The van der Waals surface area contributed by atoms with Crippen LogP contribution in [0, 0.1) is 0 Å². The van der Waals surface area contributed by atoms with Crippen LogP contribution in [-0.2, 0) is 4.79 Å². The highest BCUT2D eigenvalue weighted by atomic mass is 16.1. The minimum atomic E-state index is -0.0584. The quantitative estimate of drug-likeness (QED) is 0.535. The third-order valence-corrected chi connectivity index (χ3v) is 1.91. The van der Waals surface area contributed by atoms with Gasteiger partial charge in [-0.1, -0.05) is 55.1 Å². The van der Waals surface area contributed by atoms with Gasteiger partial charge in [-0.3, -0.25) is 4.79 Å². The van der Waals surface area contributed by atoms with Crippen LogP contribution in [0.5, 0.6) is 0 Å². The van der Waals surface area contributed by atoms with Gasteiger partial charge in [-0.2, -0.15) is 0 Å². The monoisotopic (exact) mass is 198 g/mol. The molecule has 0 heterocycles. The van der Waals surface area contributed by atoms with Gasteiger partial charge in [0.05, 0.1) is 0 Å². The molecule has 1 nitrogen and oxygen atoms in total. The van der Waals surface area contributed by atoms with E-state index in [1.807, 2.05) is 37.3 Å². The van der Waals surface area contributed by atoms with E-state index in [-0.39, 0.29) is 5.78 Å². The molecule has 0 aliphatic carbocycles. The molecule has 0 aromatic heterocycles. The van der Waals surface area contributed by atoms with Crippen molar-refractivity contribution >= 4 is 11.9 Å². The van der Waals surface area contributed by atoms with Gasteiger partial charge in [0.2, 0.25) is 0 Å². The van der Waals surface area contributed by atoms with Gasteiger partial charge >= 0.3 is 0 Å². The summed E-state index contributed by atoms with van der Waals surface area (Å²) in [5.41, 5.74) is 1.52. The maximum absolute atomic E-state index is 11.5. The number of allylic oxidation sites excluding steroid dienone is 4. The Bertz CT molecular complexity index is 397. The van der Waals surface area contributed by atoms with Crippen LogP contribution in [0.25, 0.3) is 6.08 Å². The lowest BCUT2D eigenvalue weighted by atomic mass is 10.1. The summed E-state index contributed by atoms with van der Waals surface area (Å²) < 4.78 is 0. The number of benzene rings is 1. The number of rotatable bonds is 4. The summed E-state index contributed by atoms with van der Waals surface area (Å²) in [6.45, 7) is 5.53. The van der Waals surface area contributed by atoms with Crippen LogP contribution in [0.4, 0.5) is 0 Å². The van der Waals surface area contributed by atoms with Crippen molar-refractivity contribution in [2.45, 2.75) is 6.92 Å². The van der Waals surface area contributed by atoms with Gasteiger partial charge in [-0.05, 0) is 18.6 Å². The third kappa shape index (κ3) is 3.77. The summed E-state index contributed by atoms with van der Waals surface area (Å²) in [6.07, 6.45) is 6.84. The van der Waals surface area contributed by atoms with Crippen molar-refractivity contribution in [3.05, 3.63) is 66.3 Å². The molecule has 1 aromatic rings. The first-order valence-corrected chi connectivity index (χ1v) is 4.83. The predicted octanol–water partition coefficient (Wildman–Crippen LogP) is 3.40. The van der Waals surface area contributed by atoms with Crippen LogP contribution in [0.15, 0.2) is 60.7 Å². The number of ketones is 1. The van der Waals surface area contributed by atoms with E-state index in [1.54, 1.807) is 18.2 Å². The van der Waals surface area contributed by atoms with Crippen LogP contribution in [0.1, 0.15) is 12.5 Å². The lowest BCUT2D eigenvalue weighted by Crippen LogP contribution is -1.92. The Morgan fingerprint density at radius 1 is 1.20 bits per heavy atom. The summed E-state index contributed by atoms with van der Waals surface area (Å²) in [5, 5.41) is 0. The third-order valence-electron chi connectivity index (χ3n) is 1.91. The van der Waals surface area contributed by atoms with E-state index in [0.717, 1.165) is 5.56 Å². The zero-order valence-electron chi connectivity index (χ0n) is 8.81. The number of hydrogen-bond acceptors (Lipinski definition) is 1. The molecule has 0 radical (unpaired) electrons. The predicted molar refractivity (Wildman–Crippen MR) is 64.4 cm³/mol. The molecule has 0 bridgehead atoms. The van der Waals surface area contributed by atoms with Crippen LogP contribution in [0.2, 0.25) is 0 Å². The van der Waals surface area contributed by atoms with Crippen molar-refractivity contribution in [1.29, 1.82) is 0 Å². The minimum Gasteiger partial charge on any atom is -0.289 e. The summed E-state index contributed by atoms with van der Waals surface area (Å²) in [7, 11) is 0. The highest BCUT2D eigenvalue weighted by Gasteiger charge is 1.97. The minimum absolute atomic E-state index is 0.0584. The smallest absolute Gasteiger partial charge is 0.185 e. The molecule has 76 valence electrons. The first-order chi connectivity index (χ1) is 7.24. The second kappa shape index (κ2) is 5.76. The standard InChI is InChI=1S/C14H14O/c1-3-7-12(2)14(15)11-10-13-8-5-4-6-9-13/h3-11H,2H2,1H3/b7-3-,11-10+. The molecule has 0 N–H and O–H groups in total. The SMILES string of the molecule is C=C(/C=C\C)C(=O)/C=C/c1ccccc1. The summed E-state index contributed by atoms with van der Waals surface area (Å²) in [6, 6.07) is 9.71. The Hall–Kier alpha value is -1.89. The molecule has 15 heavy (non-hydrogen) atoms. The Morgan fingerprint density at radius 2 is 1.87 bits per heavy atom. The zero-order chi connectivity index (χ0) is 11.1. The zero-order valence-corrected chi connectivity index (χ0v) is 8.81. The number of hydrogen-bond donors (Lipinski definition) is 0. The van der Waals surface area contributed by atoms with Gasteiger partial charge in [0, 0.05) is 5.57 Å². The van der Waals surface area contributed by atoms with E-state index in [2.05, 4.69) is 6.58 Å². The molecule has 0 aliphatic heterocycles. The molecule has 0 spiro atoms. The molecule has 0 saturated carbocycles. The average molecular weight is 198 g/mol. The van der Waals surface area contributed by atoms with Crippen molar-refractivity contribution in [3.63, 3.8) is 0 Å². The molecule has 0 atom stereocenters. The van der Waals surface area contributed by atoms with Crippen molar-refractivity contribution < 1.29 is 4.79 Å². The molecular formula is C14H14O. The van der Waals surface area contributed by atoms with Gasteiger partial charge in [0.1, 0.15) is 0 Å². The van der Waals surface area contributed by atoms with E-state index >= 15 is 0 Å². The maximum atomic E-state index is 11.5. The Labute approximate surface area is 90.4 Å². The van der Waals surface area contributed by atoms with Gasteiger partial charge in [-0.25, -0.2) is 0 Å². The summed E-state index contributed by atoms with van der Waals surface area (Å²) in [4.78, 5) is 11.5. The van der Waals surface area contributed by atoms with E-state index in [1.165, 1.54) is 6.08 Å². The Balaban J connectivity index is 2.67. The normalized spacial score (nSPS) is 11.0. The maximum Gasteiger partial charge on any atom is 0.185 e. The Morgan fingerprint density at radius 3 is 2.47 bits per heavy atom. The molecule has 0 aliphatic rings. The van der Waals surface area contributed by atoms with Crippen LogP contribution < -0.4 is 0 Å². The first-order valence-electron chi connectivity index (χ1n) is 4.83. The van der Waals surface area contributed by atoms with Gasteiger partial charge < -0.3 is 0 Å². The lowest BCUT2D eigenvalue weighted by Gasteiger charge is -1.93. The van der Waals surface area contributed by atoms with Crippen LogP contribution in [0.3, 0.4) is 0 Å². The molecule has 1 heteroatoms. The van der Waals surface area contributed by atoms with E-state index in [4.69, 9.17) is 0 Å². The van der Waals surface area contributed by atoms with Gasteiger partial charge in [0.25, 0.3) is 0 Å². The largest absolute Gasteiger partial charge is 0.289 e. The van der Waals surface area contributed by atoms with Crippen molar-refractivity contribution in [1.82, 2.24) is 0 Å². The van der Waals surface area contributed by atoms with Crippen molar-refractivity contribution in [2.24, 2.45) is 0 Å². The van der Waals surface area contributed by atoms with E-state index in [0.29, 0.717) is 5.57 Å². The summed E-state index contributed by atoms with van der Waals surface area (Å²) in [5.74, 6) is -0.0584. The van der Waals surface area contributed by atoms with Crippen LogP contribution >= 0.6 is 0 Å². The second-order valence-electron chi connectivity index (χ2n) is 3.13. The first kappa shape index (κ1) is 11.2. The number of carbonyl (C=O) groups is 1. The molecule has 1 rings (SSSR count). The van der Waals surface area contributed by atoms with Crippen LogP contribution in [-0.4, -0.2) is 5.78 Å². The van der Waals surface area contributed by atoms with Crippen molar-refractivity contribution in [2.75, 3.05) is 0 Å². The van der Waals surface area contributed by atoms with Gasteiger partial charge in [-0.15, -0.1) is 0 Å². The second-order valence-corrected chi connectivity index (χ2v) is 3.13. The fraction of sp³-hybridized carbons (Fsp3) is 0.0714. The summed E-state index contributed by atoms with van der Waals surface area (Å²) >= 11 is 0. The highest BCUT2D eigenvalue weighted by molar-refractivity contribution is 6.07. The fourth-order valence-electron chi connectivity index (χ4n) is 1.13.